The molecule has 2 fully saturated rings. The molecule has 2 saturated carbocycles. The molecule has 35 heavy (non-hydrogen) atoms. The van der Waals surface area contributed by atoms with Crippen molar-refractivity contribution in [2.24, 2.45) is 5.92 Å². The van der Waals surface area contributed by atoms with E-state index in [9.17, 15) is 26.8 Å². The number of rotatable bonds is 9. The fourth-order valence-corrected chi connectivity index (χ4v) is 5.47. The maximum atomic E-state index is 13.7. The molecule has 1 unspecified atom stereocenters. The first-order chi connectivity index (χ1) is 16.6. The zero-order valence-electron chi connectivity index (χ0n) is 18.4. The summed E-state index contributed by atoms with van der Waals surface area (Å²) in [5, 5.41) is 10.8. The molecule has 0 bridgehead atoms. The number of alkyl halides is 2. The highest BCUT2D eigenvalue weighted by Gasteiger charge is 2.37. The zero-order chi connectivity index (χ0) is 25.2. The molecule has 1 aromatic carbocycles. The Morgan fingerprint density at radius 1 is 1.09 bits per heavy atom. The minimum absolute atomic E-state index is 0.0367. The van der Waals surface area contributed by atoms with Crippen LogP contribution in [0.15, 0.2) is 47.6 Å². The molecule has 0 spiro atoms. The van der Waals surface area contributed by atoms with Gasteiger partial charge in [0.25, 0.3) is 5.91 Å². The largest absolute Gasteiger partial charge is 0.479 e. The van der Waals surface area contributed by atoms with Gasteiger partial charge >= 0.3 is 5.97 Å². The molecule has 1 aromatic heterocycles. The van der Waals surface area contributed by atoms with Crippen LogP contribution >= 0.6 is 0 Å². The lowest BCUT2D eigenvalue weighted by Crippen LogP contribution is -2.16. The maximum Gasteiger partial charge on any atom is 0.341 e. The highest BCUT2D eigenvalue weighted by molar-refractivity contribution is 7.92. The first kappa shape index (κ1) is 24.7. The third kappa shape index (κ3) is 5.99. The predicted octanol–water partition coefficient (Wildman–Crippen LogP) is 2.98. The summed E-state index contributed by atoms with van der Waals surface area (Å²) in [6, 6.07) is 5.82. The van der Waals surface area contributed by atoms with Crippen LogP contribution < -0.4 is 10.1 Å². The second-order valence-corrected chi connectivity index (χ2v) is 10.7. The Balaban J connectivity index is 1.56. The van der Waals surface area contributed by atoms with Crippen molar-refractivity contribution in [3.05, 3.63) is 48.3 Å². The number of nitrogens with zero attached hydrogens (tertiary/aromatic N) is 2. The fourth-order valence-electron chi connectivity index (χ4n) is 3.81. The van der Waals surface area contributed by atoms with E-state index in [0.29, 0.717) is 18.4 Å². The highest BCUT2D eigenvalue weighted by atomic mass is 32.2. The fraction of sp³-hybridized carbons (Fsp3) is 0.391. The molecular weight excluding hydrogens is 484 g/mol. The number of aromatic nitrogens is 2. The number of sulfone groups is 1. The van der Waals surface area contributed by atoms with Gasteiger partial charge in [-0.3, -0.25) is 4.79 Å². The van der Waals surface area contributed by atoms with Crippen LogP contribution in [0.1, 0.15) is 31.2 Å². The number of anilines is 1. The monoisotopic (exact) mass is 507 g/mol. The predicted molar refractivity (Wildman–Crippen MR) is 121 cm³/mol. The molecule has 186 valence electrons. The third-order valence-electron chi connectivity index (χ3n) is 5.77. The van der Waals surface area contributed by atoms with Crippen LogP contribution in [-0.2, 0) is 19.4 Å². The van der Waals surface area contributed by atoms with Crippen molar-refractivity contribution in [1.29, 1.82) is 0 Å². The summed E-state index contributed by atoms with van der Waals surface area (Å²) < 4.78 is 57.3. The van der Waals surface area contributed by atoms with Crippen LogP contribution in [0.3, 0.4) is 0 Å². The molecule has 2 aliphatic carbocycles. The van der Waals surface area contributed by atoms with Gasteiger partial charge in [-0.1, -0.05) is 18.2 Å². The van der Waals surface area contributed by atoms with Gasteiger partial charge in [0.2, 0.25) is 5.88 Å². The number of benzene rings is 1. The van der Waals surface area contributed by atoms with Crippen molar-refractivity contribution in [1.82, 2.24) is 9.97 Å². The van der Waals surface area contributed by atoms with Crippen LogP contribution in [0.2, 0.25) is 0 Å². The van der Waals surface area contributed by atoms with Gasteiger partial charge in [-0.15, -0.1) is 0 Å². The average molecular weight is 508 g/mol. The van der Waals surface area contributed by atoms with Crippen LogP contribution in [0.5, 0.6) is 5.88 Å². The Morgan fingerprint density at radius 2 is 1.74 bits per heavy atom. The SMILES string of the molecule is O=C(O)COc1cnc(NC(=O)/C(=C/C2C[C@@H](F)[C@@H](F)C2)c2ccc(S(=O)(=O)C3CC3)cc2)cn1. The number of allylic oxidation sites excluding steroid dienone is 1. The number of carbonyl (C=O) groups is 2. The standard InChI is InChI=1S/C23H23F2N3O6S/c24-18-8-13(9-19(18)25)7-17(14-1-3-15(4-2-14)35(32,33)16-5-6-16)23(31)28-20-10-27-21(11-26-20)34-12-22(29)30/h1-4,7,10-11,13,16,18-19H,5-6,8-9,12H2,(H,29,30)(H,26,28,31)/b17-7+/t13?,18-,19+. The summed E-state index contributed by atoms with van der Waals surface area (Å²) >= 11 is 0. The number of carboxylic acids is 1. The molecule has 9 nitrogen and oxygen atoms in total. The summed E-state index contributed by atoms with van der Waals surface area (Å²) in [5.41, 5.74) is 0.490. The molecular formula is C23H23F2N3O6S. The van der Waals surface area contributed by atoms with Gasteiger partial charge in [0, 0.05) is 5.57 Å². The average Bonchev–Trinajstić information content (AvgIpc) is 3.63. The van der Waals surface area contributed by atoms with E-state index in [1.807, 2.05) is 0 Å². The van der Waals surface area contributed by atoms with Gasteiger partial charge in [0.1, 0.15) is 12.3 Å². The molecule has 2 aromatic rings. The Morgan fingerprint density at radius 3 is 2.29 bits per heavy atom. The first-order valence-corrected chi connectivity index (χ1v) is 12.5. The number of carbonyl (C=O) groups excluding carboxylic acids is 1. The molecule has 0 radical (unpaired) electrons. The lowest BCUT2D eigenvalue weighted by atomic mass is 9.98. The molecule has 4 rings (SSSR count). The van der Waals surface area contributed by atoms with Crippen molar-refractivity contribution in [3.8, 4) is 5.88 Å². The van der Waals surface area contributed by atoms with Gasteiger partial charge < -0.3 is 15.2 Å². The summed E-state index contributed by atoms with van der Waals surface area (Å²) in [6.45, 7) is -0.605. The second-order valence-electron chi connectivity index (χ2n) is 8.49. The normalized spacial score (nSPS) is 22.6. The van der Waals surface area contributed by atoms with E-state index in [1.54, 1.807) is 0 Å². The number of aliphatic carboxylic acids is 1. The van der Waals surface area contributed by atoms with Crippen molar-refractivity contribution >= 4 is 33.1 Å². The lowest BCUT2D eigenvalue weighted by Gasteiger charge is -2.12. The molecule has 0 aliphatic heterocycles. The van der Waals surface area contributed by atoms with Crippen LogP contribution in [0.25, 0.3) is 5.57 Å². The molecule has 0 saturated heterocycles. The maximum absolute atomic E-state index is 13.7. The van der Waals surface area contributed by atoms with Gasteiger partial charge in [-0.25, -0.2) is 32.0 Å². The molecule has 2 aliphatic rings. The topological polar surface area (TPSA) is 136 Å². The van der Waals surface area contributed by atoms with Gasteiger partial charge in [-0.05, 0) is 49.3 Å². The third-order valence-corrected chi connectivity index (χ3v) is 8.04. The number of hydrogen-bond donors (Lipinski definition) is 2. The van der Waals surface area contributed by atoms with Gasteiger partial charge in [0.05, 0.1) is 22.5 Å². The quantitative estimate of drug-likeness (QED) is 0.495. The number of halogens is 2. The molecule has 3 atom stereocenters. The number of amides is 1. The Bertz CT molecular complexity index is 1220. The molecule has 12 heteroatoms. The van der Waals surface area contributed by atoms with Gasteiger partial charge in [-0.2, -0.15) is 0 Å². The van der Waals surface area contributed by atoms with E-state index >= 15 is 0 Å². The molecule has 1 amide bonds. The minimum Gasteiger partial charge on any atom is -0.479 e. The summed E-state index contributed by atoms with van der Waals surface area (Å²) in [7, 11) is -3.41. The minimum atomic E-state index is -3.41. The summed E-state index contributed by atoms with van der Waals surface area (Å²) in [4.78, 5) is 31.7. The molecule has 2 N–H and O–H groups in total. The van der Waals surface area contributed by atoms with E-state index in [4.69, 9.17) is 9.84 Å². The summed E-state index contributed by atoms with van der Waals surface area (Å²) in [5.74, 6) is -2.35. The van der Waals surface area contributed by atoms with E-state index in [-0.39, 0.29) is 40.3 Å². The van der Waals surface area contributed by atoms with Gasteiger partial charge in [0.15, 0.2) is 22.3 Å². The molecule has 1 heterocycles. The Labute approximate surface area is 200 Å². The van der Waals surface area contributed by atoms with Crippen LogP contribution in [0, 0.1) is 5.92 Å². The smallest absolute Gasteiger partial charge is 0.341 e. The number of hydrogen-bond acceptors (Lipinski definition) is 7. The Kier molecular flexibility index (Phi) is 7.10. The van der Waals surface area contributed by atoms with E-state index in [0.717, 1.165) is 6.20 Å². The second kappa shape index (κ2) is 10.1. The van der Waals surface area contributed by atoms with Crippen molar-refractivity contribution in [3.63, 3.8) is 0 Å². The van der Waals surface area contributed by atoms with Crippen molar-refractivity contribution in [2.75, 3.05) is 11.9 Å². The van der Waals surface area contributed by atoms with E-state index < -0.39 is 46.6 Å². The van der Waals surface area contributed by atoms with Crippen LogP contribution in [-0.4, -0.2) is 59.6 Å². The zero-order valence-corrected chi connectivity index (χ0v) is 19.2. The Hall–Kier alpha value is -3.41. The van der Waals surface area contributed by atoms with E-state index in [2.05, 4.69) is 15.3 Å². The van der Waals surface area contributed by atoms with E-state index in [1.165, 1.54) is 36.5 Å². The van der Waals surface area contributed by atoms with Crippen molar-refractivity contribution in [2.45, 2.75) is 48.2 Å². The lowest BCUT2D eigenvalue weighted by molar-refractivity contribution is -0.139. The highest BCUT2D eigenvalue weighted by Crippen LogP contribution is 2.36. The first-order valence-electron chi connectivity index (χ1n) is 11.0. The van der Waals surface area contributed by atoms with Crippen LogP contribution in [0.4, 0.5) is 14.6 Å². The summed E-state index contributed by atoms with van der Waals surface area (Å²) in [6.07, 6.45) is 1.67. The number of nitrogens with one attached hydrogen (secondary N) is 1. The van der Waals surface area contributed by atoms with Crippen molar-refractivity contribution < 1.29 is 36.6 Å². The number of carboxylic acid groups (broad SMARTS) is 1. The number of ether oxygens (including phenoxy) is 1.